The molecule has 6 nitrogen and oxygen atoms in total. The summed E-state index contributed by atoms with van der Waals surface area (Å²) < 4.78 is 6.13. The maximum Gasteiger partial charge on any atom is 0.339 e. The van der Waals surface area contributed by atoms with Gasteiger partial charge in [-0.05, 0) is 78.3 Å². The van der Waals surface area contributed by atoms with Gasteiger partial charge >= 0.3 is 5.97 Å². The van der Waals surface area contributed by atoms with Gasteiger partial charge in [0.05, 0.1) is 5.02 Å². The van der Waals surface area contributed by atoms with Gasteiger partial charge in [0.2, 0.25) is 0 Å². The van der Waals surface area contributed by atoms with Crippen molar-refractivity contribution in [3.8, 4) is 11.5 Å². The number of halogens is 2. The molecular formula is C34H35Cl2N3O3. The number of carboxylic acid groups (broad SMARTS) is 1. The van der Waals surface area contributed by atoms with Crippen molar-refractivity contribution in [2.45, 2.75) is 33.1 Å². The van der Waals surface area contributed by atoms with Crippen molar-refractivity contribution in [3.63, 3.8) is 0 Å². The van der Waals surface area contributed by atoms with Crippen LogP contribution in [0.15, 0.2) is 72.4 Å². The van der Waals surface area contributed by atoms with Crippen molar-refractivity contribution in [1.29, 1.82) is 0 Å². The van der Waals surface area contributed by atoms with Crippen molar-refractivity contribution in [1.82, 2.24) is 9.88 Å². The number of rotatable bonds is 7. The molecular weight excluding hydrogens is 569 g/mol. The topological polar surface area (TPSA) is 68.8 Å². The number of nitrogens with one attached hydrogen (secondary N) is 1. The molecule has 6 rings (SSSR count). The lowest BCUT2D eigenvalue weighted by atomic mass is 9.72. The first kappa shape index (κ1) is 28.7. The Balaban J connectivity index is 1.17. The summed E-state index contributed by atoms with van der Waals surface area (Å²) in [6, 6.07) is 19.2. The Labute approximate surface area is 256 Å². The van der Waals surface area contributed by atoms with E-state index in [9.17, 15) is 9.90 Å². The van der Waals surface area contributed by atoms with Crippen LogP contribution in [0.5, 0.6) is 11.5 Å². The number of carbonyl (C=O) groups is 1. The molecule has 0 amide bonds. The maximum absolute atomic E-state index is 12.0. The Bertz CT molecular complexity index is 1650. The minimum absolute atomic E-state index is 0.125. The highest BCUT2D eigenvalue weighted by Crippen LogP contribution is 2.43. The molecule has 0 bridgehead atoms. The molecule has 0 saturated carbocycles. The molecule has 1 fully saturated rings. The molecule has 1 saturated heterocycles. The number of H-pyrrole nitrogens is 1. The highest BCUT2D eigenvalue weighted by Gasteiger charge is 2.29. The maximum atomic E-state index is 12.0. The molecule has 218 valence electrons. The van der Waals surface area contributed by atoms with Crippen molar-refractivity contribution >= 4 is 51.3 Å². The highest BCUT2D eigenvalue weighted by atomic mass is 35.5. The molecule has 0 atom stereocenters. The second-order valence-corrected chi connectivity index (χ2v) is 13.0. The van der Waals surface area contributed by atoms with Gasteiger partial charge in [-0.3, -0.25) is 4.90 Å². The first-order valence-electron chi connectivity index (χ1n) is 14.4. The number of allylic oxidation sites excluding steroid dienone is 1. The van der Waals surface area contributed by atoms with E-state index in [1.54, 1.807) is 12.3 Å². The molecule has 3 aromatic carbocycles. The number of aromatic amines is 1. The molecule has 0 spiro atoms. The normalized spacial score (nSPS) is 17.6. The number of ether oxygens (including phenoxy) is 1. The predicted octanol–water partition coefficient (Wildman–Crippen LogP) is 8.75. The molecule has 8 heteroatoms. The average Bonchev–Trinajstić information content (AvgIpc) is 3.34. The van der Waals surface area contributed by atoms with Crippen molar-refractivity contribution in [3.05, 3.63) is 93.6 Å². The van der Waals surface area contributed by atoms with Crippen LogP contribution in [-0.4, -0.2) is 53.7 Å². The lowest BCUT2D eigenvalue weighted by Gasteiger charge is -2.39. The number of fused-ring (bicyclic) bond motifs is 1. The third-order valence-electron chi connectivity index (χ3n) is 8.56. The Kier molecular flexibility index (Phi) is 7.97. The second-order valence-electron chi connectivity index (χ2n) is 12.1. The van der Waals surface area contributed by atoms with E-state index >= 15 is 0 Å². The van der Waals surface area contributed by atoms with Crippen LogP contribution >= 0.6 is 23.2 Å². The summed E-state index contributed by atoms with van der Waals surface area (Å²) in [4.78, 5) is 20.0. The predicted molar refractivity (Wildman–Crippen MR) is 171 cm³/mol. The number of nitrogens with zero attached hydrogens (tertiary/aromatic N) is 2. The van der Waals surface area contributed by atoms with Gasteiger partial charge in [0.1, 0.15) is 17.1 Å². The molecule has 2 N–H and O–H groups in total. The molecule has 2 aliphatic rings. The summed E-state index contributed by atoms with van der Waals surface area (Å²) in [5.41, 5.74) is 6.55. The fraction of sp³-hybridized carbons (Fsp3) is 0.324. The third kappa shape index (κ3) is 6.17. The van der Waals surface area contributed by atoms with Gasteiger partial charge in [0, 0.05) is 66.6 Å². The molecule has 0 radical (unpaired) electrons. The van der Waals surface area contributed by atoms with Gasteiger partial charge < -0.3 is 19.7 Å². The minimum atomic E-state index is -1.03. The van der Waals surface area contributed by atoms with Crippen LogP contribution in [0.1, 0.15) is 49.0 Å². The zero-order valence-electron chi connectivity index (χ0n) is 23.9. The number of hydrogen-bond acceptors (Lipinski definition) is 4. The first-order valence-corrected chi connectivity index (χ1v) is 15.2. The lowest BCUT2D eigenvalue weighted by molar-refractivity contribution is 0.0694. The quantitative estimate of drug-likeness (QED) is 0.221. The van der Waals surface area contributed by atoms with Crippen LogP contribution in [0.4, 0.5) is 5.69 Å². The Morgan fingerprint density at radius 2 is 1.76 bits per heavy atom. The number of carboxylic acids is 1. The van der Waals surface area contributed by atoms with E-state index < -0.39 is 5.97 Å². The summed E-state index contributed by atoms with van der Waals surface area (Å²) >= 11 is 12.5. The summed E-state index contributed by atoms with van der Waals surface area (Å²) in [5, 5.41) is 12.0. The minimum Gasteiger partial charge on any atom is -0.478 e. The molecule has 0 unspecified atom stereocenters. The van der Waals surface area contributed by atoms with Crippen molar-refractivity contribution in [2.75, 3.05) is 37.6 Å². The Morgan fingerprint density at radius 1 is 1.00 bits per heavy atom. The lowest BCUT2D eigenvalue weighted by Crippen LogP contribution is -2.47. The van der Waals surface area contributed by atoms with Crippen LogP contribution < -0.4 is 9.64 Å². The van der Waals surface area contributed by atoms with E-state index in [1.165, 1.54) is 23.1 Å². The van der Waals surface area contributed by atoms with Crippen LogP contribution in [0, 0.1) is 5.41 Å². The number of piperazine rings is 1. The number of aromatic carboxylic acids is 1. The van der Waals surface area contributed by atoms with Crippen molar-refractivity contribution in [2.24, 2.45) is 5.41 Å². The monoisotopic (exact) mass is 603 g/mol. The largest absolute Gasteiger partial charge is 0.478 e. The standard InChI is InChI=1S/C34H35Cl2N3O3/c1-34(2)12-11-23(29(19-34)22-3-5-24(35)6-4-22)21-38-13-15-39(16-14-38)25-7-9-27(33(40)41)32(17-25)42-26-8-10-31-28(18-26)30(36)20-37-31/h3-10,17-18,20,37H,11-16,19,21H2,1-2H3,(H,40,41). The summed E-state index contributed by atoms with van der Waals surface area (Å²) in [6.45, 7) is 9.26. The summed E-state index contributed by atoms with van der Waals surface area (Å²) in [5.74, 6) is -0.174. The fourth-order valence-electron chi connectivity index (χ4n) is 6.12. The first-order chi connectivity index (χ1) is 20.1. The zero-order chi connectivity index (χ0) is 29.4. The molecule has 1 aliphatic heterocycles. The number of hydrogen-bond donors (Lipinski definition) is 2. The van der Waals surface area contributed by atoms with Gasteiger partial charge in [-0.25, -0.2) is 4.79 Å². The van der Waals surface area contributed by atoms with E-state index in [4.69, 9.17) is 27.9 Å². The van der Waals surface area contributed by atoms with Gasteiger partial charge in [0.25, 0.3) is 0 Å². The molecule has 1 aromatic heterocycles. The van der Waals surface area contributed by atoms with Crippen LogP contribution in [0.3, 0.4) is 0 Å². The third-order valence-corrected chi connectivity index (χ3v) is 9.12. The number of anilines is 1. The second kappa shape index (κ2) is 11.7. The molecule has 1 aliphatic carbocycles. The van der Waals surface area contributed by atoms with E-state index in [-0.39, 0.29) is 5.56 Å². The van der Waals surface area contributed by atoms with E-state index in [0.29, 0.717) is 21.9 Å². The SMILES string of the molecule is CC1(C)CCC(CN2CCN(c3ccc(C(=O)O)c(Oc4ccc5[nH]cc(Cl)c5c4)c3)CC2)=C(c2ccc(Cl)cc2)C1. The molecule has 4 aromatic rings. The number of aromatic nitrogens is 1. The Hall–Kier alpha value is -3.45. The highest BCUT2D eigenvalue weighted by molar-refractivity contribution is 6.35. The summed E-state index contributed by atoms with van der Waals surface area (Å²) in [6.07, 6.45) is 5.11. The van der Waals surface area contributed by atoms with E-state index in [1.807, 2.05) is 42.5 Å². The van der Waals surface area contributed by atoms with Crippen LogP contribution in [0.2, 0.25) is 10.0 Å². The summed E-state index contributed by atoms with van der Waals surface area (Å²) in [7, 11) is 0. The van der Waals surface area contributed by atoms with E-state index in [2.05, 4.69) is 40.8 Å². The molecule has 2 heterocycles. The van der Waals surface area contributed by atoms with Gasteiger partial charge in [-0.15, -0.1) is 0 Å². The zero-order valence-corrected chi connectivity index (χ0v) is 25.4. The van der Waals surface area contributed by atoms with Crippen molar-refractivity contribution < 1.29 is 14.6 Å². The average molecular weight is 605 g/mol. The van der Waals surface area contributed by atoms with E-state index in [0.717, 1.165) is 67.2 Å². The van der Waals surface area contributed by atoms with Gasteiger partial charge in [-0.2, -0.15) is 0 Å². The van der Waals surface area contributed by atoms with Crippen LogP contribution in [-0.2, 0) is 0 Å². The molecule has 42 heavy (non-hydrogen) atoms. The fourth-order valence-corrected chi connectivity index (χ4v) is 6.46. The number of benzene rings is 3. The van der Waals surface area contributed by atoms with Gasteiger partial charge in [-0.1, -0.05) is 54.8 Å². The Morgan fingerprint density at radius 3 is 2.50 bits per heavy atom. The van der Waals surface area contributed by atoms with Crippen LogP contribution in [0.25, 0.3) is 16.5 Å². The smallest absolute Gasteiger partial charge is 0.339 e. The van der Waals surface area contributed by atoms with Gasteiger partial charge in [0.15, 0.2) is 0 Å².